The van der Waals surface area contributed by atoms with Crippen molar-refractivity contribution >= 4 is 5.91 Å². The van der Waals surface area contributed by atoms with Crippen molar-refractivity contribution in [1.82, 2.24) is 5.32 Å². The first kappa shape index (κ1) is 21.4. The summed E-state index contributed by atoms with van der Waals surface area (Å²) < 4.78 is 22.0. The summed E-state index contributed by atoms with van der Waals surface area (Å²) in [6.07, 6.45) is 0.0477. The molecule has 2 aromatic rings. The minimum absolute atomic E-state index is 0.0477. The zero-order chi connectivity index (χ0) is 20.7. The Labute approximate surface area is 166 Å². The van der Waals surface area contributed by atoms with Crippen molar-refractivity contribution < 1.29 is 23.7 Å². The fraction of sp³-hybridized carbons (Fsp3) is 0.409. The highest BCUT2D eigenvalue weighted by atomic mass is 16.5. The van der Waals surface area contributed by atoms with Crippen molar-refractivity contribution in [3.63, 3.8) is 0 Å². The Kier molecular flexibility index (Phi) is 7.55. The number of methoxy groups -OCH3 is 2. The van der Waals surface area contributed by atoms with E-state index in [0.717, 1.165) is 5.56 Å². The van der Waals surface area contributed by atoms with Crippen LogP contribution in [0.3, 0.4) is 0 Å². The van der Waals surface area contributed by atoms with Crippen LogP contribution in [0.2, 0.25) is 0 Å². The molecule has 0 fully saturated rings. The van der Waals surface area contributed by atoms with E-state index in [-0.39, 0.29) is 18.1 Å². The summed E-state index contributed by atoms with van der Waals surface area (Å²) in [5.41, 5.74) is 1.41. The summed E-state index contributed by atoms with van der Waals surface area (Å²) in [6, 6.07) is 10.6. The van der Waals surface area contributed by atoms with Gasteiger partial charge in [0.1, 0.15) is 0 Å². The first-order chi connectivity index (χ1) is 13.4. The summed E-state index contributed by atoms with van der Waals surface area (Å²) in [4.78, 5) is 12.7. The standard InChI is InChI=1S/C22H29NO5/c1-7-27-18-10-9-17(13-20(18)25-5)22(24)23-15(4)16-8-11-19(28-14(2)3)21(12-16)26-6/h8-15H,7H2,1-6H3,(H,23,24). The Morgan fingerprint density at radius 1 is 0.929 bits per heavy atom. The van der Waals surface area contributed by atoms with Gasteiger partial charge in [0.15, 0.2) is 23.0 Å². The second-order valence-corrected chi connectivity index (χ2v) is 6.57. The van der Waals surface area contributed by atoms with E-state index in [2.05, 4.69) is 5.32 Å². The summed E-state index contributed by atoms with van der Waals surface area (Å²) in [6.45, 7) is 8.26. The van der Waals surface area contributed by atoms with Crippen molar-refractivity contribution in [3.05, 3.63) is 47.5 Å². The van der Waals surface area contributed by atoms with Crippen LogP contribution in [0.4, 0.5) is 0 Å². The molecule has 0 spiro atoms. The molecule has 0 radical (unpaired) electrons. The van der Waals surface area contributed by atoms with Crippen LogP contribution in [0.25, 0.3) is 0 Å². The summed E-state index contributed by atoms with van der Waals surface area (Å²) in [7, 11) is 3.15. The molecule has 152 valence electrons. The van der Waals surface area contributed by atoms with Crippen LogP contribution in [0.5, 0.6) is 23.0 Å². The van der Waals surface area contributed by atoms with Crippen molar-refractivity contribution in [3.8, 4) is 23.0 Å². The van der Waals surface area contributed by atoms with Crippen LogP contribution in [0.1, 0.15) is 49.7 Å². The lowest BCUT2D eigenvalue weighted by atomic mass is 10.1. The Bertz CT molecular complexity index is 804. The summed E-state index contributed by atoms with van der Waals surface area (Å²) in [5, 5.41) is 3.00. The zero-order valence-corrected chi connectivity index (χ0v) is 17.4. The molecule has 1 amide bonds. The van der Waals surface area contributed by atoms with Gasteiger partial charge in [-0.25, -0.2) is 0 Å². The van der Waals surface area contributed by atoms with Gasteiger partial charge in [-0.05, 0) is 63.6 Å². The van der Waals surface area contributed by atoms with Gasteiger partial charge in [0, 0.05) is 5.56 Å². The molecule has 2 rings (SSSR count). The molecule has 0 aromatic heterocycles. The zero-order valence-electron chi connectivity index (χ0n) is 17.4. The number of hydrogen-bond donors (Lipinski definition) is 1. The maximum atomic E-state index is 12.7. The van der Waals surface area contributed by atoms with Gasteiger partial charge in [0.2, 0.25) is 0 Å². The van der Waals surface area contributed by atoms with Crippen molar-refractivity contribution in [1.29, 1.82) is 0 Å². The third-order valence-corrected chi connectivity index (χ3v) is 4.12. The first-order valence-electron chi connectivity index (χ1n) is 9.35. The van der Waals surface area contributed by atoms with Gasteiger partial charge >= 0.3 is 0 Å². The monoisotopic (exact) mass is 387 g/mol. The topological polar surface area (TPSA) is 66.0 Å². The second-order valence-electron chi connectivity index (χ2n) is 6.57. The van der Waals surface area contributed by atoms with Gasteiger partial charge < -0.3 is 24.3 Å². The SMILES string of the molecule is CCOc1ccc(C(=O)NC(C)c2ccc(OC(C)C)c(OC)c2)cc1OC. The quantitative estimate of drug-likeness (QED) is 0.692. The van der Waals surface area contributed by atoms with Crippen LogP contribution in [-0.2, 0) is 0 Å². The molecule has 0 saturated heterocycles. The van der Waals surface area contributed by atoms with E-state index in [1.165, 1.54) is 0 Å². The molecule has 0 saturated carbocycles. The normalized spacial score (nSPS) is 11.7. The van der Waals surface area contributed by atoms with Crippen LogP contribution < -0.4 is 24.3 Å². The summed E-state index contributed by atoms with van der Waals surface area (Å²) >= 11 is 0. The molecular formula is C22H29NO5. The number of nitrogens with one attached hydrogen (secondary N) is 1. The fourth-order valence-electron chi connectivity index (χ4n) is 2.75. The molecule has 1 atom stereocenters. The molecule has 0 aliphatic carbocycles. The molecule has 0 aliphatic heterocycles. The molecule has 0 bridgehead atoms. The average molecular weight is 387 g/mol. The maximum absolute atomic E-state index is 12.7. The molecule has 0 heterocycles. The van der Waals surface area contributed by atoms with Crippen molar-refractivity contribution in [2.45, 2.75) is 39.8 Å². The maximum Gasteiger partial charge on any atom is 0.251 e. The molecule has 6 heteroatoms. The number of carbonyl (C=O) groups is 1. The van der Waals surface area contributed by atoms with E-state index >= 15 is 0 Å². The third-order valence-electron chi connectivity index (χ3n) is 4.12. The Morgan fingerprint density at radius 3 is 2.18 bits per heavy atom. The van der Waals surface area contributed by atoms with Crippen LogP contribution in [-0.4, -0.2) is 32.8 Å². The predicted molar refractivity (Wildman–Crippen MR) is 109 cm³/mol. The Balaban J connectivity index is 2.15. The fourth-order valence-corrected chi connectivity index (χ4v) is 2.75. The van der Waals surface area contributed by atoms with E-state index in [1.54, 1.807) is 32.4 Å². The van der Waals surface area contributed by atoms with Crippen LogP contribution in [0, 0.1) is 0 Å². The number of rotatable bonds is 9. The van der Waals surface area contributed by atoms with Crippen LogP contribution >= 0.6 is 0 Å². The highest BCUT2D eigenvalue weighted by Gasteiger charge is 2.16. The van der Waals surface area contributed by atoms with Gasteiger partial charge in [-0.15, -0.1) is 0 Å². The number of carbonyl (C=O) groups excluding carboxylic acids is 1. The first-order valence-corrected chi connectivity index (χ1v) is 9.35. The molecule has 1 unspecified atom stereocenters. The van der Waals surface area contributed by atoms with Gasteiger partial charge in [0.25, 0.3) is 5.91 Å². The lowest BCUT2D eigenvalue weighted by Gasteiger charge is -2.18. The molecule has 28 heavy (non-hydrogen) atoms. The second kappa shape index (κ2) is 9.88. The highest BCUT2D eigenvalue weighted by Crippen LogP contribution is 2.32. The molecule has 0 aliphatic rings. The molecular weight excluding hydrogens is 358 g/mol. The minimum atomic E-state index is -0.216. The van der Waals surface area contributed by atoms with E-state index in [1.807, 2.05) is 45.9 Å². The van der Waals surface area contributed by atoms with Gasteiger partial charge in [-0.1, -0.05) is 6.07 Å². The highest BCUT2D eigenvalue weighted by molar-refractivity contribution is 5.95. The Hall–Kier alpha value is -2.89. The van der Waals surface area contributed by atoms with E-state index in [9.17, 15) is 4.79 Å². The van der Waals surface area contributed by atoms with Gasteiger partial charge in [-0.3, -0.25) is 4.79 Å². The van der Waals surface area contributed by atoms with Crippen LogP contribution in [0.15, 0.2) is 36.4 Å². The lowest BCUT2D eigenvalue weighted by Crippen LogP contribution is -2.26. The predicted octanol–water partition coefficient (Wildman–Crippen LogP) is 4.38. The van der Waals surface area contributed by atoms with E-state index in [4.69, 9.17) is 18.9 Å². The molecule has 1 N–H and O–H groups in total. The molecule has 2 aromatic carbocycles. The largest absolute Gasteiger partial charge is 0.493 e. The average Bonchev–Trinajstić information content (AvgIpc) is 2.68. The number of ether oxygens (including phenoxy) is 4. The minimum Gasteiger partial charge on any atom is -0.493 e. The van der Waals surface area contributed by atoms with Crippen molar-refractivity contribution in [2.24, 2.45) is 0 Å². The lowest BCUT2D eigenvalue weighted by molar-refractivity contribution is 0.0939. The van der Waals surface area contributed by atoms with E-state index < -0.39 is 0 Å². The van der Waals surface area contributed by atoms with Gasteiger partial charge in [-0.2, -0.15) is 0 Å². The van der Waals surface area contributed by atoms with Gasteiger partial charge in [0.05, 0.1) is 33.0 Å². The number of benzene rings is 2. The smallest absolute Gasteiger partial charge is 0.251 e. The molecule has 6 nitrogen and oxygen atoms in total. The Morgan fingerprint density at radius 2 is 1.57 bits per heavy atom. The van der Waals surface area contributed by atoms with Crippen molar-refractivity contribution in [2.75, 3.05) is 20.8 Å². The number of hydrogen-bond acceptors (Lipinski definition) is 5. The van der Waals surface area contributed by atoms with E-state index in [0.29, 0.717) is 35.2 Å². The third kappa shape index (κ3) is 5.31. The summed E-state index contributed by atoms with van der Waals surface area (Å²) in [5.74, 6) is 2.25. The number of amides is 1.